The fraction of sp³-hybridized carbons (Fsp3) is 0.385. The van der Waals surface area contributed by atoms with E-state index in [1.165, 1.54) is 0 Å². The first kappa shape index (κ1) is 24.2. The molecule has 0 bridgehead atoms. The summed E-state index contributed by atoms with van der Waals surface area (Å²) in [6.07, 6.45) is 5.67. The highest BCUT2D eigenvalue weighted by molar-refractivity contribution is 5.87. The first-order chi connectivity index (χ1) is 15.0. The van der Waals surface area contributed by atoms with E-state index in [2.05, 4.69) is 11.2 Å². The minimum atomic E-state index is -0.645. The Morgan fingerprint density at radius 1 is 0.968 bits per heavy atom. The van der Waals surface area contributed by atoms with Gasteiger partial charge in [0.15, 0.2) is 5.78 Å². The average Bonchev–Trinajstić information content (AvgIpc) is 2.77. The summed E-state index contributed by atoms with van der Waals surface area (Å²) in [7, 11) is 0. The topological polar surface area (TPSA) is 64.6 Å². The van der Waals surface area contributed by atoms with Gasteiger partial charge in [-0.05, 0) is 23.5 Å². The molecular formula is C26H31NO4. The predicted molar refractivity (Wildman–Crippen MR) is 121 cm³/mol. The number of Topliss-reactive ketones (excluding diaryl/α,β-unsaturated/α-hetero) is 1. The molecule has 5 heteroatoms. The second-order valence-electron chi connectivity index (χ2n) is 7.92. The van der Waals surface area contributed by atoms with Gasteiger partial charge in [0.2, 0.25) is 0 Å². The number of hydrogen-bond donors (Lipinski definition) is 1. The van der Waals surface area contributed by atoms with E-state index in [1.807, 2.05) is 74.5 Å². The average molecular weight is 422 g/mol. The van der Waals surface area contributed by atoms with E-state index in [1.54, 1.807) is 0 Å². The van der Waals surface area contributed by atoms with E-state index in [4.69, 9.17) is 15.9 Å². The van der Waals surface area contributed by atoms with Crippen LogP contribution >= 0.6 is 0 Å². The van der Waals surface area contributed by atoms with E-state index in [-0.39, 0.29) is 37.3 Å². The Kier molecular flexibility index (Phi) is 10.3. The smallest absolute Gasteiger partial charge is 0.408 e. The maximum atomic E-state index is 12.9. The van der Waals surface area contributed by atoms with E-state index < -0.39 is 12.1 Å². The normalized spacial score (nSPS) is 12.6. The van der Waals surface area contributed by atoms with Gasteiger partial charge in [0.1, 0.15) is 6.61 Å². The summed E-state index contributed by atoms with van der Waals surface area (Å²) in [6, 6.07) is 18.5. The molecule has 1 amide bonds. The van der Waals surface area contributed by atoms with Crippen LogP contribution in [-0.4, -0.2) is 24.5 Å². The van der Waals surface area contributed by atoms with Crippen LogP contribution in [0.2, 0.25) is 0 Å². The zero-order valence-electron chi connectivity index (χ0n) is 18.3. The molecule has 2 aromatic rings. The molecule has 0 aliphatic rings. The number of amides is 1. The molecule has 5 nitrogen and oxygen atoms in total. The Morgan fingerprint density at radius 3 is 2.10 bits per heavy atom. The highest BCUT2D eigenvalue weighted by Crippen LogP contribution is 2.13. The van der Waals surface area contributed by atoms with E-state index >= 15 is 0 Å². The number of carbonyl (C=O) groups excluding carboxylic acids is 2. The molecule has 0 aromatic heterocycles. The molecule has 0 saturated heterocycles. The molecule has 31 heavy (non-hydrogen) atoms. The van der Waals surface area contributed by atoms with Crippen LogP contribution < -0.4 is 5.32 Å². The fourth-order valence-corrected chi connectivity index (χ4v) is 3.09. The first-order valence-electron chi connectivity index (χ1n) is 10.6. The molecule has 2 atom stereocenters. The van der Waals surface area contributed by atoms with Gasteiger partial charge < -0.3 is 14.8 Å². The molecular weight excluding hydrogens is 390 g/mol. The van der Waals surface area contributed by atoms with Gasteiger partial charge >= 0.3 is 6.09 Å². The Hall–Kier alpha value is -3.10. The maximum absolute atomic E-state index is 12.9. The summed E-state index contributed by atoms with van der Waals surface area (Å²) in [4.78, 5) is 25.1. The van der Waals surface area contributed by atoms with Gasteiger partial charge in [-0.15, -0.1) is 12.3 Å². The Labute approximate surface area is 185 Å². The third kappa shape index (κ3) is 9.50. The van der Waals surface area contributed by atoms with Gasteiger partial charge in [-0.2, -0.15) is 0 Å². The minimum Gasteiger partial charge on any atom is -0.445 e. The summed E-state index contributed by atoms with van der Waals surface area (Å²) in [5.41, 5.74) is 1.93. The second-order valence-corrected chi connectivity index (χ2v) is 7.92. The molecule has 0 fully saturated rings. The van der Waals surface area contributed by atoms with Crippen LogP contribution in [0.15, 0.2) is 60.7 Å². The van der Waals surface area contributed by atoms with Crippen LogP contribution in [-0.2, 0) is 27.5 Å². The van der Waals surface area contributed by atoms with Crippen LogP contribution in [0.4, 0.5) is 4.79 Å². The second kappa shape index (κ2) is 13.3. The number of terminal acetylenes is 1. The standard InChI is InChI=1S/C26H31NO4/c1-4-21(17-30-18-22-11-7-5-8-12-22)16-25(28)24(15-20(2)3)27-26(29)31-19-23-13-9-6-10-14-23/h1,5-14,20-21,24H,15-19H2,2-3H3,(H,27,29)/t21-,24-/m0/s1. The molecule has 0 aliphatic carbocycles. The number of carbonyl (C=O) groups is 2. The van der Waals surface area contributed by atoms with Crippen LogP contribution in [0.25, 0.3) is 0 Å². The van der Waals surface area contributed by atoms with Crippen molar-refractivity contribution in [2.75, 3.05) is 6.61 Å². The highest BCUT2D eigenvalue weighted by atomic mass is 16.5. The van der Waals surface area contributed by atoms with Crippen molar-refractivity contribution in [1.29, 1.82) is 0 Å². The van der Waals surface area contributed by atoms with Crippen molar-refractivity contribution in [3.63, 3.8) is 0 Å². The maximum Gasteiger partial charge on any atom is 0.408 e. The van der Waals surface area contributed by atoms with Gasteiger partial charge in [0, 0.05) is 6.42 Å². The van der Waals surface area contributed by atoms with Gasteiger partial charge in [0.05, 0.1) is 25.2 Å². The van der Waals surface area contributed by atoms with Crippen molar-refractivity contribution in [1.82, 2.24) is 5.32 Å². The quantitative estimate of drug-likeness (QED) is 0.502. The summed E-state index contributed by atoms with van der Waals surface area (Å²) in [5, 5.41) is 2.71. The summed E-state index contributed by atoms with van der Waals surface area (Å²) in [6.45, 7) is 4.87. The molecule has 0 radical (unpaired) electrons. The van der Waals surface area contributed by atoms with Crippen molar-refractivity contribution < 1.29 is 19.1 Å². The van der Waals surface area contributed by atoms with Crippen LogP contribution in [0.1, 0.15) is 37.8 Å². The predicted octanol–water partition coefficient (Wildman–Crippen LogP) is 4.75. The number of alkyl carbamates (subject to hydrolysis) is 1. The van der Waals surface area contributed by atoms with Crippen LogP contribution in [0, 0.1) is 24.2 Å². The van der Waals surface area contributed by atoms with Crippen molar-refractivity contribution in [2.24, 2.45) is 11.8 Å². The van der Waals surface area contributed by atoms with Crippen LogP contribution in [0.5, 0.6) is 0 Å². The Balaban J connectivity index is 1.85. The molecule has 2 aromatic carbocycles. The Morgan fingerprint density at radius 2 is 1.55 bits per heavy atom. The monoisotopic (exact) mass is 421 g/mol. The van der Waals surface area contributed by atoms with Crippen molar-refractivity contribution in [3.8, 4) is 12.3 Å². The molecule has 0 saturated carbocycles. The lowest BCUT2D eigenvalue weighted by Crippen LogP contribution is -2.42. The number of nitrogens with one attached hydrogen (secondary N) is 1. The third-order valence-corrected chi connectivity index (χ3v) is 4.71. The molecule has 0 spiro atoms. The largest absolute Gasteiger partial charge is 0.445 e. The number of rotatable bonds is 12. The molecule has 0 aliphatic heterocycles. The highest BCUT2D eigenvalue weighted by Gasteiger charge is 2.25. The minimum absolute atomic E-state index is 0.114. The summed E-state index contributed by atoms with van der Waals surface area (Å²) < 4.78 is 11.0. The zero-order valence-corrected chi connectivity index (χ0v) is 18.3. The Bertz CT molecular complexity index is 843. The van der Waals surface area contributed by atoms with Crippen molar-refractivity contribution in [2.45, 2.75) is 45.9 Å². The van der Waals surface area contributed by atoms with Crippen molar-refractivity contribution in [3.05, 3.63) is 71.8 Å². The summed E-state index contributed by atoms with van der Waals surface area (Å²) in [5.74, 6) is 2.39. The number of benzene rings is 2. The van der Waals surface area contributed by atoms with E-state index in [9.17, 15) is 9.59 Å². The SMILES string of the molecule is C#C[C@H](COCc1ccccc1)CC(=O)[C@H](CC(C)C)NC(=O)OCc1ccccc1. The van der Waals surface area contributed by atoms with Gasteiger partial charge in [0.25, 0.3) is 0 Å². The molecule has 0 heterocycles. The molecule has 164 valence electrons. The lowest BCUT2D eigenvalue weighted by Gasteiger charge is -2.21. The lowest BCUT2D eigenvalue weighted by molar-refractivity contribution is -0.122. The van der Waals surface area contributed by atoms with Gasteiger partial charge in [-0.25, -0.2) is 4.79 Å². The fourth-order valence-electron chi connectivity index (χ4n) is 3.09. The first-order valence-corrected chi connectivity index (χ1v) is 10.6. The molecule has 1 N–H and O–H groups in total. The summed E-state index contributed by atoms with van der Waals surface area (Å²) >= 11 is 0. The zero-order chi connectivity index (χ0) is 22.5. The van der Waals surface area contributed by atoms with E-state index in [0.717, 1.165) is 11.1 Å². The van der Waals surface area contributed by atoms with Gasteiger partial charge in [-0.3, -0.25) is 4.79 Å². The molecule has 2 rings (SSSR count). The van der Waals surface area contributed by atoms with Crippen LogP contribution in [0.3, 0.4) is 0 Å². The van der Waals surface area contributed by atoms with Gasteiger partial charge in [-0.1, -0.05) is 74.5 Å². The number of ether oxygens (including phenoxy) is 2. The number of ketones is 1. The number of hydrogen-bond acceptors (Lipinski definition) is 4. The van der Waals surface area contributed by atoms with Crippen molar-refractivity contribution >= 4 is 11.9 Å². The lowest BCUT2D eigenvalue weighted by atomic mass is 9.94. The third-order valence-electron chi connectivity index (χ3n) is 4.71. The van der Waals surface area contributed by atoms with E-state index in [0.29, 0.717) is 13.0 Å². The molecule has 0 unspecified atom stereocenters.